The molecule has 0 spiro atoms. The molecular formula is C18H18FNO4. The number of carbonyl (C=O) groups excluding carboxylic acids is 2. The van der Waals surface area contributed by atoms with E-state index in [2.05, 4.69) is 5.32 Å². The van der Waals surface area contributed by atoms with Crippen LogP contribution in [0.2, 0.25) is 0 Å². The second kappa shape index (κ2) is 8.67. The highest BCUT2D eigenvalue weighted by Crippen LogP contribution is 2.13. The van der Waals surface area contributed by atoms with Gasteiger partial charge in [0.1, 0.15) is 11.6 Å². The van der Waals surface area contributed by atoms with Crippen LogP contribution < -0.4 is 10.1 Å². The van der Waals surface area contributed by atoms with Crippen LogP contribution in [0.3, 0.4) is 0 Å². The summed E-state index contributed by atoms with van der Waals surface area (Å²) in [5.74, 6) is -0.964. The van der Waals surface area contributed by atoms with Gasteiger partial charge >= 0.3 is 5.97 Å². The van der Waals surface area contributed by atoms with Gasteiger partial charge in [0.15, 0.2) is 6.61 Å². The van der Waals surface area contributed by atoms with Gasteiger partial charge in [0.2, 0.25) is 0 Å². The van der Waals surface area contributed by atoms with Gasteiger partial charge in [-0.3, -0.25) is 9.59 Å². The first-order valence-electron chi connectivity index (χ1n) is 7.50. The number of halogens is 1. The van der Waals surface area contributed by atoms with E-state index >= 15 is 0 Å². The third-order valence-electron chi connectivity index (χ3n) is 3.10. The Morgan fingerprint density at radius 1 is 1.08 bits per heavy atom. The number of anilines is 1. The molecule has 0 aliphatic heterocycles. The number of rotatable bonds is 7. The molecule has 24 heavy (non-hydrogen) atoms. The number of benzene rings is 2. The number of ether oxygens (including phenoxy) is 2. The van der Waals surface area contributed by atoms with Crippen molar-refractivity contribution in [1.29, 1.82) is 0 Å². The molecule has 2 aromatic carbocycles. The summed E-state index contributed by atoms with van der Waals surface area (Å²) in [5.41, 5.74) is 0.794. The van der Waals surface area contributed by atoms with Crippen molar-refractivity contribution in [2.45, 2.75) is 13.3 Å². The summed E-state index contributed by atoms with van der Waals surface area (Å²) in [6, 6.07) is 12.8. The van der Waals surface area contributed by atoms with Crippen molar-refractivity contribution >= 4 is 17.6 Å². The molecule has 6 heteroatoms. The maximum atomic E-state index is 13.4. The summed E-state index contributed by atoms with van der Waals surface area (Å²) in [4.78, 5) is 23.4. The van der Waals surface area contributed by atoms with Crippen molar-refractivity contribution in [2.75, 3.05) is 18.5 Å². The topological polar surface area (TPSA) is 64.6 Å². The van der Waals surface area contributed by atoms with E-state index in [1.165, 1.54) is 18.2 Å². The van der Waals surface area contributed by atoms with Crippen LogP contribution in [0.1, 0.15) is 12.5 Å². The second-order valence-corrected chi connectivity index (χ2v) is 4.94. The van der Waals surface area contributed by atoms with Crippen molar-refractivity contribution < 1.29 is 23.5 Å². The van der Waals surface area contributed by atoms with E-state index < -0.39 is 24.3 Å². The second-order valence-electron chi connectivity index (χ2n) is 4.94. The van der Waals surface area contributed by atoms with Gasteiger partial charge in [0.25, 0.3) is 5.91 Å². The van der Waals surface area contributed by atoms with Crippen LogP contribution in [0.25, 0.3) is 0 Å². The molecule has 0 bridgehead atoms. The Morgan fingerprint density at radius 2 is 1.79 bits per heavy atom. The minimum Gasteiger partial charge on any atom is -0.494 e. The Kier molecular flexibility index (Phi) is 6.31. The van der Waals surface area contributed by atoms with Gasteiger partial charge in [0.05, 0.1) is 18.7 Å². The molecule has 0 heterocycles. The van der Waals surface area contributed by atoms with Crippen LogP contribution in [0.4, 0.5) is 10.1 Å². The molecule has 126 valence electrons. The van der Waals surface area contributed by atoms with Gasteiger partial charge in [-0.1, -0.05) is 24.3 Å². The monoisotopic (exact) mass is 331 g/mol. The van der Waals surface area contributed by atoms with Crippen molar-refractivity contribution in [1.82, 2.24) is 0 Å². The molecule has 0 saturated heterocycles. The minimum absolute atomic E-state index is 0.0411. The molecule has 0 aromatic heterocycles. The maximum Gasteiger partial charge on any atom is 0.310 e. The molecule has 2 aromatic rings. The Labute approximate surface area is 139 Å². The fraction of sp³-hybridized carbons (Fsp3) is 0.222. The van der Waals surface area contributed by atoms with E-state index in [1.54, 1.807) is 30.3 Å². The van der Waals surface area contributed by atoms with Gasteiger partial charge in [-0.15, -0.1) is 0 Å². The molecule has 2 rings (SSSR count). The lowest BCUT2D eigenvalue weighted by Crippen LogP contribution is -2.22. The van der Waals surface area contributed by atoms with Gasteiger partial charge in [-0.05, 0) is 36.8 Å². The van der Waals surface area contributed by atoms with Crippen molar-refractivity contribution in [2.24, 2.45) is 0 Å². The van der Waals surface area contributed by atoms with E-state index in [0.29, 0.717) is 6.61 Å². The average molecular weight is 331 g/mol. The first-order chi connectivity index (χ1) is 11.6. The third-order valence-corrected chi connectivity index (χ3v) is 3.10. The van der Waals surface area contributed by atoms with Crippen LogP contribution in [0, 0.1) is 5.82 Å². The number of para-hydroxylation sites is 1. The fourth-order valence-electron chi connectivity index (χ4n) is 1.98. The molecule has 1 amide bonds. The van der Waals surface area contributed by atoms with E-state index in [0.717, 1.165) is 11.3 Å². The van der Waals surface area contributed by atoms with E-state index in [1.807, 2.05) is 6.92 Å². The minimum atomic E-state index is -0.597. The van der Waals surface area contributed by atoms with Crippen molar-refractivity contribution in [3.63, 3.8) is 0 Å². The number of amides is 1. The zero-order valence-electron chi connectivity index (χ0n) is 13.3. The lowest BCUT2D eigenvalue weighted by molar-refractivity contribution is -0.146. The first kappa shape index (κ1) is 17.5. The van der Waals surface area contributed by atoms with Crippen LogP contribution in [0.15, 0.2) is 48.5 Å². The first-order valence-corrected chi connectivity index (χ1v) is 7.50. The molecule has 0 aliphatic carbocycles. The Hall–Kier alpha value is -2.89. The molecule has 0 fully saturated rings. The van der Waals surface area contributed by atoms with E-state index in [9.17, 15) is 14.0 Å². The molecule has 0 radical (unpaired) electrons. The van der Waals surface area contributed by atoms with E-state index in [4.69, 9.17) is 9.47 Å². The SMILES string of the molecule is CCOc1ccc(CC(=O)OCC(=O)Nc2ccccc2F)cc1. The number of hydrogen-bond donors (Lipinski definition) is 1. The van der Waals surface area contributed by atoms with Crippen LogP contribution in [0.5, 0.6) is 5.75 Å². The molecule has 0 saturated carbocycles. The number of carbonyl (C=O) groups is 2. The quantitative estimate of drug-likeness (QED) is 0.792. The van der Waals surface area contributed by atoms with Gasteiger partial charge in [0, 0.05) is 0 Å². The normalized spacial score (nSPS) is 10.1. The summed E-state index contributed by atoms with van der Waals surface area (Å²) in [7, 11) is 0. The van der Waals surface area contributed by atoms with Crippen LogP contribution >= 0.6 is 0 Å². The van der Waals surface area contributed by atoms with Crippen LogP contribution in [-0.2, 0) is 20.7 Å². The van der Waals surface area contributed by atoms with Crippen LogP contribution in [-0.4, -0.2) is 25.1 Å². The van der Waals surface area contributed by atoms with Crippen molar-refractivity contribution in [3.8, 4) is 5.75 Å². The zero-order chi connectivity index (χ0) is 17.4. The maximum absolute atomic E-state index is 13.4. The fourth-order valence-corrected chi connectivity index (χ4v) is 1.98. The lowest BCUT2D eigenvalue weighted by atomic mass is 10.1. The highest BCUT2D eigenvalue weighted by Gasteiger charge is 2.10. The number of esters is 1. The molecular weight excluding hydrogens is 313 g/mol. The van der Waals surface area contributed by atoms with Gasteiger partial charge < -0.3 is 14.8 Å². The molecule has 5 nitrogen and oxygen atoms in total. The molecule has 0 atom stereocenters. The molecule has 1 N–H and O–H groups in total. The van der Waals surface area contributed by atoms with Gasteiger partial charge in [-0.25, -0.2) is 4.39 Å². The standard InChI is InChI=1S/C18H18FNO4/c1-2-23-14-9-7-13(8-10-14)11-18(22)24-12-17(21)20-16-6-4-3-5-15(16)19/h3-10H,2,11-12H2,1H3,(H,20,21). The summed E-state index contributed by atoms with van der Waals surface area (Å²) in [5, 5.41) is 2.34. The largest absolute Gasteiger partial charge is 0.494 e. The van der Waals surface area contributed by atoms with Crippen molar-refractivity contribution in [3.05, 3.63) is 59.9 Å². The average Bonchev–Trinajstić information content (AvgIpc) is 2.57. The predicted molar refractivity (Wildman–Crippen MR) is 87.3 cm³/mol. The highest BCUT2D eigenvalue weighted by atomic mass is 19.1. The van der Waals surface area contributed by atoms with E-state index in [-0.39, 0.29) is 12.1 Å². The predicted octanol–water partition coefficient (Wildman–Crippen LogP) is 2.95. The highest BCUT2D eigenvalue weighted by molar-refractivity contribution is 5.93. The summed E-state index contributed by atoms with van der Waals surface area (Å²) >= 11 is 0. The Morgan fingerprint density at radius 3 is 2.46 bits per heavy atom. The smallest absolute Gasteiger partial charge is 0.310 e. The van der Waals surface area contributed by atoms with Gasteiger partial charge in [-0.2, -0.15) is 0 Å². The Bertz CT molecular complexity index is 700. The molecule has 0 aliphatic rings. The number of nitrogens with one attached hydrogen (secondary N) is 1. The summed E-state index contributed by atoms with van der Waals surface area (Å²) in [6.07, 6.45) is 0.0411. The third kappa shape index (κ3) is 5.39. The molecule has 0 unspecified atom stereocenters. The summed E-state index contributed by atoms with van der Waals surface area (Å²) in [6.45, 7) is 1.99. The zero-order valence-corrected chi connectivity index (χ0v) is 13.3. The number of hydrogen-bond acceptors (Lipinski definition) is 4. The summed E-state index contributed by atoms with van der Waals surface area (Å²) < 4.78 is 23.6. The Balaban J connectivity index is 1.78. The lowest BCUT2D eigenvalue weighted by Gasteiger charge is -2.08.